The number of halogens is 3. The van der Waals surface area contributed by atoms with Gasteiger partial charge in [0.2, 0.25) is 5.91 Å². The molecule has 2 fully saturated rings. The molecule has 11 heteroatoms. The second-order valence-corrected chi connectivity index (χ2v) is 7.80. The van der Waals surface area contributed by atoms with Gasteiger partial charge in [-0.2, -0.15) is 18.3 Å². The maximum Gasteiger partial charge on any atom is 0.490 e. The number of anilines is 1. The number of likely N-dealkylation sites (tertiary alicyclic amines) is 1. The molecule has 1 atom stereocenters. The molecular weight excluding hydrogens is 415 g/mol. The van der Waals surface area contributed by atoms with Crippen molar-refractivity contribution in [2.24, 2.45) is 12.5 Å². The minimum Gasteiger partial charge on any atom is -0.475 e. The van der Waals surface area contributed by atoms with Gasteiger partial charge in [-0.3, -0.25) is 19.4 Å². The van der Waals surface area contributed by atoms with Gasteiger partial charge in [-0.25, -0.2) is 4.79 Å². The second-order valence-electron chi connectivity index (χ2n) is 7.80. The number of aryl methyl sites for hydroxylation is 1. The van der Waals surface area contributed by atoms with E-state index in [1.807, 2.05) is 36.5 Å². The van der Waals surface area contributed by atoms with Gasteiger partial charge in [0, 0.05) is 39.1 Å². The normalized spacial score (nSPS) is 21.8. The molecule has 2 aromatic heterocycles. The van der Waals surface area contributed by atoms with Gasteiger partial charge in [-0.1, -0.05) is 6.07 Å². The Bertz CT molecular complexity index is 918. The third kappa shape index (κ3) is 5.40. The largest absolute Gasteiger partial charge is 0.490 e. The van der Waals surface area contributed by atoms with Crippen LogP contribution in [0, 0.1) is 5.41 Å². The quantitative estimate of drug-likeness (QED) is 0.790. The van der Waals surface area contributed by atoms with Crippen LogP contribution in [0.15, 0.2) is 36.8 Å². The average molecular weight is 439 g/mol. The van der Waals surface area contributed by atoms with Crippen molar-refractivity contribution in [2.45, 2.75) is 32.0 Å². The number of amides is 1. The van der Waals surface area contributed by atoms with Crippen molar-refractivity contribution >= 4 is 17.6 Å². The van der Waals surface area contributed by atoms with E-state index in [-0.39, 0.29) is 11.3 Å². The number of carboxylic acid groups (broad SMARTS) is 1. The number of pyridine rings is 1. The fourth-order valence-corrected chi connectivity index (χ4v) is 4.08. The highest BCUT2D eigenvalue weighted by atomic mass is 19.4. The summed E-state index contributed by atoms with van der Waals surface area (Å²) in [5.74, 6) is -2.49. The van der Waals surface area contributed by atoms with Crippen LogP contribution >= 0.6 is 0 Å². The fourth-order valence-electron chi connectivity index (χ4n) is 4.08. The minimum atomic E-state index is -5.08. The van der Waals surface area contributed by atoms with Gasteiger partial charge in [-0.15, -0.1) is 0 Å². The summed E-state index contributed by atoms with van der Waals surface area (Å²) in [5, 5.41) is 11.3. The van der Waals surface area contributed by atoms with Crippen molar-refractivity contribution in [3.63, 3.8) is 0 Å². The first-order valence-corrected chi connectivity index (χ1v) is 9.84. The number of hydrogen-bond acceptors (Lipinski definition) is 5. The lowest BCUT2D eigenvalue weighted by Gasteiger charge is -2.38. The van der Waals surface area contributed by atoms with Crippen molar-refractivity contribution in [1.29, 1.82) is 0 Å². The molecule has 8 nitrogen and oxygen atoms in total. The minimum absolute atomic E-state index is 0.233. The molecule has 168 valence electrons. The summed E-state index contributed by atoms with van der Waals surface area (Å²) < 4.78 is 33.5. The van der Waals surface area contributed by atoms with Crippen LogP contribution in [0.3, 0.4) is 0 Å². The molecule has 1 N–H and O–H groups in total. The number of aliphatic carboxylic acids is 1. The molecule has 2 aliphatic heterocycles. The highest BCUT2D eigenvalue weighted by molar-refractivity contribution is 6.00. The maximum absolute atomic E-state index is 13.1. The lowest BCUT2D eigenvalue weighted by Crippen LogP contribution is -2.47. The van der Waals surface area contributed by atoms with Gasteiger partial charge < -0.3 is 10.0 Å². The summed E-state index contributed by atoms with van der Waals surface area (Å²) in [6.07, 6.45) is 3.44. The maximum atomic E-state index is 13.1. The van der Waals surface area contributed by atoms with E-state index in [1.54, 1.807) is 10.9 Å². The predicted molar refractivity (Wildman–Crippen MR) is 105 cm³/mol. The number of alkyl halides is 3. The standard InChI is InChI=1S/C18H23N5O.C2HF3O2/c1-21-13-16(11-20-21)23-10-7-18(17(23)24)6-4-9-22(14-18)12-15-5-2-3-8-19-15;3-2(4,5)1(6)7/h2-3,5,8,11,13H,4,6-7,9-10,12,14H2,1H3;(H,6,7). The molecule has 0 saturated carbocycles. The number of carboxylic acids is 1. The zero-order chi connectivity index (χ0) is 22.6. The van der Waals surface area contributed by atoms with E-state index in [1.165, 1.54) is 0 Å². The molecule has 0 aromatic carbocycles. The number of carbonyl (C=O) groups excluding carboxylic acids is 1. The van der Waals surface area contributed by atoms with Crippen molar-refractivity contribution in [2.75, 3.05) is 24.5 Å². The molecule has 4 rings (SSSR count). The third-order valence-corrected chi connectivity index (χ3v) is 5.53. The van der Waals surface area contributed by atoms with Gasteiger partial charge in [0.05, 0.1) is 23.0 Å². The Balaban J connectivity index is 0.000000339. The lowest BCUT2D eigenvalue weighted by molar-refractivity contribution is -0.192. The van der Waals surface area contributed by atoms with Crippen LogP contribution in [0.2, 0.25) is 0 Å². The molecule has 4 heterocycles. The van der Waals surface area contributed by atoms with E-state index >= 15 is 0 Å². The van der Waals surface area contributed by atoms with Crippen LogP contribution in [0.5, 0.6) is 0 Å². The van der Waals surface area contributed by atoms with E-state index in [9.17, 15) is 18.0 Å². The predicted octanol–water partition coefficient (Wildman–Crippen LogP) is 2.47. The van der Waals surface area contributed by atoms with E-state index in [0.29, 0.717) is 0 Å². The Kier molecular flexibility index (Phi) is 6.63. The SMILES string of the molecule is Cn1cc(N2CCC3(CCCN(Cc4ccccn4)C3)C2=O)cn1.O=C(O)C(F)(F)F. The van der Waals surface area contributed by atoms with Crippen LogP contribution in [-0.4, -0.2) is 62.5 Å². The molecule has 2 saturated heterocycles. The van der Waals surface area contributed by atoms with Crippen LogP contribution in [0.1, 0.15) is 25.0 Å². The summed E-state index contributed by atoms with van der Waals surface area (Å²) in [4.78, 5) is 30.8. The number of nitrogens with zero attached hydrogens (tertiary/aromatic N) is 5. The number of carbonyl (C=O) groups is 2. The number of piperidine rings is 1. The zero-order valence-corrected chi connectivity index (χ0v) is 17.0. The summed E-state index contributed by atoms with van der Waals surface area (Å²) in [5.41, 5.74) is 1.76. The average Bonchev–Trinajstić information content (AvgIpc) is 3.27. The van der Waals surface area contributed by atoms with Gasteiger partial charge in [-0.05, 0) is 37.9 Å². The fraction of sp³-hybridized carbons (Fsp3) is 0.500. The molecular formula is C20H24F3N5O3. The zero-order valence-electron chi connectivity index (χ0n) is 17.0. The Morgan fingerprint density at radius 3 is 2.58 bits per heavy atom. The molecule has 0 aliphatic carbocycles. The van der Waals surface area contributed by atoms with Crippen LogP contribution in [0.25, 0.3) is 0 Å². The third-order valence-electron chi connectivity index (χ3n) is 5.53. The summed E-state index contributed by atoms with van der Waals surface area (Å²) in [7, 11) is 1.88. The van der Waals surface area contributed by atoms with Crippen LogP contribution < -0.4 is 4.90 Å². The summed E-state index contributed by atoms with van der Waals surface area (Å²) >= 11 is 0. The first-order valence-electron chi connectivity index (χ1n) is 9.84. The first kappa shape index (κ1) is 22.7. The van der Waals surface area contributed by atoms with E-state index in [2.05, 4.69) is 21.0 Å². The Labute approximate surface area is 177 Å². The molecule has 1 spiro atoms. The number of hydrogen-bond donors (Lipinski definition) is 1. The van der Waals surface area contributed by atoms with Crippen LogP contribution in [0.4, 0.5) is 18.9 Å². The monoisotopic (exact) mass is 439 g/mol. The van der Waals surface area contributed by atoms with Crippen molar-refractivity contribution in [3.8, 4) is 0 Å². The van der Waals surface area contributed by atoms with Crippen molar-refractivity contribution in [1.82, 2.24) is 19.7 Å². The van der Waals surface area contributed by atoms with Gasteiger partial charge in [0.25, 0.3) is 0 Å². The Hall–Kier alpha value is -2.95. The Morgan fingerprint density at radius 2 is 2.00 bits per heavy atom. The second kappa shape index (κ2) is 9.04. The molecule has 2 aromatic rings. The van der Waals surface area contributed by atoms with Crippen molar-refractivity contribution in [3.05, 3.63) is 42.5 Å². The van der Waals surface area contributed by atoms with Gasteiger partial charge in [0.15, 0.2) is 0 Å². The molecule has 1 unspecified atom stereocenters. The molecule has 0 bridgehead atoms. The Morgan fingerprint density at radius 1 is 1.26 bits per heavy atom. The highest BCUT2D eigenvalue weighted by Gasteiger charge is 2.49. The molecule has 2 aliphatic rings. The topological polar surface area (TPSA) is 91.6 Å². The van der Waals surface area contributed by atoms with Gasteiger partial charge >= 0.3 is 12.1 Å². The van der Waals surface area contributed by atoms with Crippen LogP contribution in [-0.2, 0) is 23.2 Å². The van der Waals surface area contributed by atoms with E-state index in [0.717, 1.165) is 56.8 Å². The smallest absolute Gasteiger partial charge is 0.475 e. The number of aromatic nitrogens is 3. The molecule has 31 heavy (non-hydrogen) atoms. The van der Waals surface area contributed by atoms with E-state index < -0.39 is 12.1 Å². The lowest BCUT2D eigenvalue weighted by atomic mass is 9.78. The summed E-state index contributed by atoms with van der Waals surface area (Å²) in [6, 6.07) is 6.01. The van der Waals surface area contributed by atoms with Gasteiger partial charge in [0.1, 0.15) is 0 Å². The number of rotatable bonds is 3. The molecule has 1 amide bonds. The van der Waals surface area contributed by atoms with Crippen molar-refractivity contribution < 1.29 is 27.9 Å². The summed E-state index contributed by atoms with van der Waals surface area (Å²) in [6.45, 7) is 3.49. The van der Waals surface area contributed by atoms with E-state index in [4.69, 9.17) is 9.90 Å². The highest BCUT2D eigenvalue weighted by Crippen LogP contribution is 2.42. The molecule has 0 radical (unpaired) electrons. The first-order chi connectivity index (χ1) is 14.6.